The molecule has 3 aromatic carbocycles. The number of aliphatic hydroxyl groups is 1. The molecule has 1 heterocycles. The maximum Gasteiger partial charge on any atom is 0.337 e. The quantitative estimate of drug-likeness (QED) is 0.0559. The fraction of sp³-hybridized carbons (Fsp3) is 0.258. The molecule has 1 aliphatic heterocycles. The van der Waals surface area contributed by atoms with Crippen molar-refractivity contribution in [2.75, 3.05) is 20.3 Å². The van der Waals surface area contributed by atoms with Crippen LogP contribution in [0.25, 0.3) is 0 Å². The Morgan fingerprint density at radius 2 is 1.91 bits per heavy atom. The van der Waals surface area contributed by atoms with Crippen LogP contribution in [0.4, 0.5) is 4.79 Å². The topological polar surface area (TPSA) is 140 Å². The van der Waals surface area contributed by atoms with Gasteiger partial charge in [0.15, 0.2) is 17.7 Å². The second kappa shape index (κ2) is 16.2. The number of nitrogens with one attached hydrogen (secondary N) is 3. The summed E-state index contributed by atoms with van der Waals surface area (Å²) >= 11 is 11.7. The molecule has 0 fully saturated rings. The first kappa shape index (κ1) is 34.3. The van der Waals surface area contributed by atoms with Crippen LogP contribution in [0.15, 0.2) is 75.4 Å². The van der Waals surface area contributed by atoms with E-state index in [1.54, 1.807) is 31.3 Å². The lowest BCUT2D eigenvalue weighted by atomic mass is 9.95. The first-order valence-corrected chi connectivity index (χ1v) is 15.9. The molecule has 2 atom stereocenters. The van der Waals surface area contributed by atoms with Crippen molar-refractivity contribution in [1.82, 2.24) is 16.1 Å². The van der Waals surface area contributed by atoms with Crippen molar-refractivity contribution in [3.8, 4) is 17.2 Å². The van der Waals surface area contributed by atoms with Crippen LogP contribution in [0.2, 0.25) is 5.02 Å². The van der Waals surface area contributed by atoms with Gasteiger partial charge in [-0.3, -0.25) is 5.43 Å². The molecular formula is C31H31BrClIN4O7. The second-order valence-corrected chi connectivity index (χ2v) is 12.1. The fourth-order valence-electron chi connectivity index (χ4n) is 4.35. The van der Waals surface area contributed by atoms with E-state index < -0.39 is 24.3 Å². The molecule has 0 radical (unpaired) electrons. The van der Waals surface area contributed by atoms with Crippen molar-refractivity contribution >= 4 is 68.3 Å². The molecule has 4 rings (SSSR count). The predicted octanol–water partition coefficient (Wildman–Crippen LogP) is 5.81. The molecule has 0 spiro atoms. The third-order valence-corrected chi connectivity index (χ3v) is 8.07. The highest BCUT2D eigenvalue weighted by Gasteiger charge is 2.32. The van der Waals surface area contributed by atoms with Gasteiger partial charge < -0.3 is 34.7 Å². The zero-order valence-electron chi connectivity index (χ0n) is 24.5. The van der Waals surface area contributed by atoms with Gasteiger partial charge in [-0.15, -0.1) is 0 Å². The molecule has 0 saturated heterocycles. The minimum atomic E-state index is -1.14. The number of esters is 1. The first-order valence-electron chi connectivity index (χ1n) is 13.7. The third-order valence-electron chi connectivity index (χ3n) is 6.43. The lowest BCUT2D eigenvalue weighted by molar-refractivity contribution is -0.136. The average Bonchev–Trinajstić information content (AvgIpc) is 3.00. The monoisotopic (exact) mass is 812 g/mol. The summed E-state index contributed by atoms with van der Waals surface area (Å²) < 4.78 is 24.1. The zero-order valence-corrected chi connectivity index (χ0v) is 29.0. The van der Waals surface area contributed by atoms with Gasteiger partial charge in [-0.2, -0.15) is 5.10 Å². The second-order valence-electron chi connectivity index (χ2n) is 9.64. The Bertz CT molecular complexity index is 1580. The van der Waals surface area contributed by atoms with Gasteiger partial charge in [0.25, 0.3) is 0 Å². The lowest BCUT2D eigenvalue weighted by Gasteiger charge is -2.28. The summed E-state index contributed by atoms with van der Waals surface area (Å²) in [6, 6.07) is 15.0. The van der Waals surface area contributed by atoms with Gasteiger partial charge >= 0.3 is 12.0 Å². The number of hydrazone groups is 1. The highest BCUT2D eigenvalue weighted by Crippen LogP contribution is 2.35. The molecule has 238 valence electrons. The predicted molar refractivity (Wildman–Crippen MR) is 182 cm³/mol. The van der Waals surface area contributed by atoms with E-state index in [9.17, 15) is 14.7 Å². The number of ether oxygens (including phenoxy) is 4. The van der Waals surface area contributed by atoms with Crippen LogP contribution in [0.3, 0.4) is 0 Å². The van der Waals surface area contributed by atoms with Gasteiger partial charge in [-0.05, 0) is 105 Å². The van der Waals surface area contributed by atoms with E-state index in [0.717, 1.165) is 19.2 Å². The van der Waals surface area contributed by atoms with Crippen molar-refractivity contribution in [3.63, 3.8) is 0 Å². The number of methoxy groups -OCH3 is 1. The third kappa shape index (κ3) is 9.25. The van der Waals surface area contributed by atoms with Crippen molar-refractivity contribution in [2.45, 2.75) is 32.7 Å². The van der Waals surface area contributed by atoms with Gasteiger partial charge in [-0.1, -0.05) is 29.8 Å². The Hall–Kier alpha value is -3.53. The highest BCUT2D eigenvalue weighted by molar-refractivity contribution is 14.1. The fourth-order valence-corrected chi connectivity index (χ4v) is 6.24. The maximum absolute atomic E-state index is 12.4. The standard InChI is InChI=1S/C31H31BrClIN4O7/c1-4-43-25-13-20(28-27(30(40)42-3)17(2)36-31(41)37-28)7-10-24(25)44-16-26(39)38-35-14-19-11-22(32)29(23(34)12-19)45-15-18-5-8-21(33)9-6-18/h5-14,26,28,38-39H,4,15-16H2,1-3H3,(H2,36,37,41)/b35-14-/t26-,28+/m0/s1. The summed E-state index contributed by atoms with van der Waals surface area (Å²) in [7, 11) is 1.28. The van der Waals surface area contributed by atoms with E-state index >= 15 is 0 Å². The molecule has 45 heavy (non-hydrogen) atoms. The highest BCUT2D eigenvalue weighted by atomic mass is 127. The van der Waals surface area contributed by atoms with Crippen molar-refractivity contribution in [2.24, 2.45) is 5.10 Å². The Labute approximate surface area is 287 Å². The number of carbonyl (C=O) groups excluding carboxylic acids is 2. The van der Waals surface area contributed by atoms with Crippen LogP contribution >= 0.6 is 50.1 Å². The number of halogens is 3. The van der Waals surface area contributed by atoms with Crippen molar-refractivity contribution in [1.29, 1.82) is 0 Å². The van der Waals surface area contributed by atoms with Crippen LogP contribution in [0, 0.1) is 3.57 Å². The van der Waals surface area contributed by atoms with Crippen LogP contribution in [-0.4, -0.2) is 49.9 Å². The number of nitrogens with zero attached hydrogens (tertiary/aromatic N) is 1. The molecule has 14 heteroatoms. The maximum atomic E-state index is 12.4. The molecule has 3 aromatic rings. The molecule has 0 bridgehead atoms. The Balaban J connectivity index is 1.37. The molecule has 0 aromatic heterocycles. The summed E-state index contributed by atoms with van der Waals surface area (Å²) in [4.78, 5) is 24.6. The van der Waals surface area contributed by atoms with Gasteiger partial charge in [0.2, 0.25) is 0 Å². The number of aliphatic hydroxyl groups excluding tert-OH is 1. The van der Waals surface area contributed by atoms with Crippen LogP contribution in [0.1, 0.15) is 36.6 Å². The number of amides is 2. The number of allylic oxidation sites excluding steroid dienone is 1. The zero-order chi connectivity index (χ0) is 32.5. The normalized spacial score (nSPS) is 15.3. The van der Waals surface area contributed by atoms with Crippen LogP contribution in [-0.2, 0) is 16.1 Å². The summed E-state index contributed by atoms with van der Waals surface area (Å²) in [6.07, 6.45) is 0.432. The average molecular weight is 814 g/mol. The molecule has 2 amide bonds. The molecule has 0 aliphatic carbocycles. The number of hydrogen-bond donors (Lipinski definition) is 4. The van der Waals surface area contributed by atoms with Crippen LogP contribution < -0.4 is 30.3 Å². The Morgan fingerprint density at radius 3 is 2.60 bits per heavy atom. The van der Waals surface area contributed by atoms with Crippen molar-refractivity contribution < 1.29 is 33.6 Å². The summed E-state index contributed by atoms with van der Waals surface area (Å²) in [5.74, 6) is 0.866. The molecular weight excluding hydrogens is 783 g/mol. The first-order chi connectivity index (χ1) is 21.6. The summed E-state index contributed by atoms with van der Waals surface area (Å²) in [5, 5.41) is 20.6. The molecule has 0 unspecified atom stereocenters. The van der Waals surface area contributed by atoms with E-state index in [1.165, 1.54) is 7.11 Å². The minimum Gasteiger partial charge on any atom is -0.490 e. The summed E-state index contributed by atoms with van der Waals surface area (Å²) in [5.41, 5.74) is 5.67. The van der Waals surface area contributed by atoms with Crippen LogP contribution in [0.5, 0.6) is 17.2 Å². The Morgan fingerprint density at radius 1 is 1.16 bits per heavy atom. The van der Waals surface area contributed by atoms with E-state index in [0.29, 0.717) is 46.7 Å². The van der Waals surface area contributed by atoms with E-state index in [4.69, 9.17) is 30.5 Å². The number of hydrogen-bond acceptors (Lipinski definition) is 9. The lowest BCUT2D eigenvalue weighted by Crippen LogP contribution is -2.45. The van der Waals surface area contributed by atoms with E-state index in [2.05, 4.69) is 59.7 Å². The largest absolute Gasteiger partial charge is 0.490 e. The molecule has 1 aliphatic rings. The van der Waals surface area contributed by atoms with E-state index in [1.807, 2.05) is 43.3 Å². The van der Waals surface area contributed by atoms with Gasteiger partial charge in [0.1, 0.15) is 19.0 Å². The number of urea groups is 1. The molecule has 0 saturated carbocycles. The SMILES string of the molecule is CCOc1cc([C@H]2NC(=O)NC(C)=C2C(=O)OC)ccc1OC[C@H](O)N/N=C\c1cc(Br)c(OCc2ccc(Cl)cc2)c(I)c1. The van der Waals surface area contributed by atoms with Gasteiger partial charge in [-0.25, -0.2) is 9.59 Å². The Kier molecular flexibility index (Phi) is 12.3. The van der Waals surface area contributed by atoms with Crippen molar-refractivity contribution in [3.05, 3.63) is 95.6 Å². The summed E-state index contributed by atoms with van der Waals surface area (Å²) in [6.45, 7) is 4.02. The number of carbonyl (C=O) groups is 2. The molecule has 4 N–H and O–H groups in total. The van der Waals surface area contributed by atoms with Gasteiger partial charge in [0.05, 0.1) is 39.6 Å². The molecule has 11 nitrogen and oxygen atoms in total. The van der Waals surface area contributed by atoms with E-state index in [-0.39, 0.29) is 12.2 Å². The number of rotatable bonds is 13. The number of benzene rings is 3. The minimum absolute atomic E-state index is 0.147. The smallest absolute Gasteiger partial charge is 0.337 e. The van der Waals surface area contributed by atoms with Gasteiger partial charge in [0, 0.05) is 10.7 Å².